The van der Waals surface area contributed by atoms with E-state index in [9.17, 15) is 44.4 Å². The van der Waals surface area contributed by atoms with Crippen molar-refractivity contribution in [1.82, 2.24) is 0 Å². The van der Waals surface area contributed by atoms with Crippen molar-refractivity contribution in [3.8, 4) is 0 Å². The van der Waals surface area contributed by atoms with E-state index >= 15 is 0 Å². The minimum Gasteiger partial charge on any atom is -0.466 e. The normalized spacial score (nSPS) is 35.8. The Kier molecular flexibility index (Phi) is 18.3. The summed E-state index contributed by atoms with van der Waals surface area (Å²) in [6, 6.07) is 0. The number of unbranched alkanes of at least 4 members (excludes halogenated alkanes) is 1. The number of rotatable bonds is 9. The Balaban J connectivity index is 1.89. The molecule has 4 N–H and O–H groups in total. The Labute approximate surface area is 375 Å². The maximum absolute atomic E-state index is 13.4. The molecule has 17 heteroatoms. The average Bonchev–Trinajstić information content (AvgIpc) is 3.19. The Hall–Kier alpha value is -4.23. The number of aliphatic hydroxyl groups excluding tert-OH is 2. The fraction of sp³-hybridized carbons (Fsp3) is 0.681. The van der Waals surface area contributed by atoms with Gasteiger partial charge in [0.25, 0.3) is 0 Å². The van der Waals surface area contributed by atoms with E-state index in [-0.39, 0.29) is 50.5 Å². The zero-order valence-corrected chi connectivity index (χ0v) is 38.5. The van der Waals surface area contributed by atoms with Gasteiger partial charge in [-0.2, -0.15) is 0 Å². The summed E-state index contributed by atoms with van der Waals surface area (Å²) in [6.07, 6.45) is 2.55. The van der Waals surface area contributed by atoms with Gasteiger partial charge in [-0.05, 0) is 38.2 Å². The third-order valence-corrected chi connectivity index (χ3v) is 12.4. The zero-order chi connectivity index (χ0) is 47.6. The first-order chi connectivity index (χ1) is 29.9. The van der Waals surface area contributed by atoms with Crippen LogP contribution in [0.5, 0.6) is 0 Å². The summed E-state index contributed by atoms with van der Waals surface area (Å²) in [7, 11) is 2.40. The molecule has 4 rings (SSSR count). The molecular weight excluding hydrogens is 836 g/mol. The molecule has 2 unspecified atom stereocenters. The van der Waals surface area contributed by atoms with Gasteiger partial charge in [-0.1, -0.05) is 77.0 Å². The Bertz CT molecular complexity index is 1830. The van der Waals surface area contributed by atoms with Crippen LogP contribution in [0.1, 0.15) is 113 Å². The zero-order valence-electron chi connectivity index (χ0n) is 38.5. The van der Waals surface area contributed by atoms with Crippen LogP contribution in [0.3, 0.4) is 0 Å². The molecule has 11 atom stereocenters. The molecule has 64 heavy (non-hydrogen) atoms. The highest BCUT2D eigenvalue weighted by atomic mass is 16.7. The lowest BCUT2D eigenvalue weighted by atomic mass is 9.70. The number of fused-ring (bicyclic) bond motifs is 6. The number of esters is 5. The monoisotopic (exact) mass is 904 g/mol. The van der Waals surface area contributed by atoms with E-state index in [1.807, 2.05) is 13.0 Å². The van der Waals surface area contributed by atoms with Gasteiger partial charge in [0.1, 0.15) is 12.2 Å². The van der Waals surface area contributed by atoms with Gasteiger partial charge in [-0.3, -0.25) is 9.59 Å². The number of carbonyl (C=O) groups is 5. The molecule has 358 valence electrons. The summed E-state index contributed by atoms with van der Waals surface area (Å²) in [5.74, 6) is -8.31. The second kappa shape index (κ2) is 22.3. The standard InChI is InChI=1S/C47H68O17/c1-10-11-12-13-14-15-39(51)62-43-31(22-41(53)58-9)21-34-25-37(28(2)48)61-42(54)24-32(50)23-35-26-38(59-29(3)49)45(6,7)46(55,63-35)27-36-19-30(20-40(52)57-8)18-33(60-36)16-17-44(4,5)47(43,56)64-34/h12-17,20,22,28,32-38,43,48,50,55-56H,10-11,18-19,21,23-27H2,1-9H3/b13-12+,15-14+,17-16+,30-20+,31-22+/t28-,32-,33?,34+,35-,36+,37-,38+,43?,46+,47-/m1/s1. The molecule has 4 heterocycles. The lowest BCUT2D eigenvalue weighted by Crippen LogP contribution is -2.62. The largest absolute Gasteiger partial charge is 0.466 e. The molecule has 0 aliphatic carbocycles. The number of methoxy groups -OCH3 is 2. The summed E-state index contributed by atoms with van der Waals surface area (Å²) in [5, 5.41) is 47.5. The molecule has 0 aromatic carbocycles. The van der Waals surface area contributed by atoms with Crippen molar-refractivity contribution in [2.24, 2.45) is 10.8 Å². The smallest absolute Gasteiger partial charge is 0.331 e. The Morgan fingerprint density at radius 2 is 1.56 bits per heavy atom. The number of aliphatic hydroxyl groups is 4. The number of cyclic esters (lactones) is 1. The number of ether oxygens (including phenoxy) is 8. The number of carbonyl (C=O) groups excluding carboxylic acids is 5. The van der Waals surface area contributed by atoms with Crippen LogP contribution < -0.4 is 0 Å². The van der Waals surface area contributed by atoms with E-state index < -0.39 is 114 Å². The van der Waals surface area contributed by atoms with Crippen LogP contribution in [0.25, 0.3) is 0 Å². The highest BCUT2D eigenvalue weighted by molar-refractivity contribution is 5.85. The van der Waals surface area contributed by atoms with Gasteiger partial charge in [-0.25, -0.2) is 14.4 Å². The van der Waals surface area contributed by atoms with E-state index in [2.05, 4.69) is 0 Å². The maximum atomic E-state index is 13.4. The molecule has 0 aromatic rings. The highest BCUT2D eigenvalue weighted by Crippen LogP contribution is 2.50. The van der Waals surface area contributed by atoms with E-state index in [0.29, 0.717) is 5.57 Å². The third-order valence-electron chi connectivity index (χ3n) is 12.4. The first kappa shape index (κ1) is 52.4. The SMILES string of the molecule is CCC/C=C/C=C/C(=O)OC1/C(=C/C(=O)OC)C[C@H]2C[C@H]([C@@H](C)O)OC(=O)C[C@H](O)C[C@@H]3C[C@H](OC(C)=O)C(C)(C)[C@](O)(C[C@@H]4C/C(=C/C(=O)OC)CC(/C=C/C(C)(C)[C@]1(O)O2)O4)O3. The van der Waals surface area contributed by atoms with Crippen molar-refractivity contribution < 1.29 is 82.3 Å². The van der Waals surface area contributed by atoms with Crippen LogP contribution in [0.15, 0.2) is 59.8 Å². The molecule has 0 radical (unpaired) electrons. The highest BCUT2D eigenvalue weighted by Gasteiger charge is 2.59. The predicted octanol–water partition coefficient (Wildman–Crippen LogP) is 4.28. The second-order valence-corrected chi connectivity index (χ2v) is 18.3. The number of hydrogen-bond donors (Lipinski definition) is 4. The van der Waals surface area contributed by atoms with Gasteiger partial charge < -0.3 is 58.3 Å². The summed E-state index contributed by atoms with van der Waals surface area (Å²) in [6.45, 7) is 11.2. The van der Waals surface area contributed by atoms with Crippen molar-refractivity contribution in [3.63, 3.8) is 0 Å². The molecule has 3 saturated heterocycles. The summed E-state index contributed by atoms with van der Waals surface area (Å²) < 4.78 is 46.7. The quantitative estimate of drug-likeness (QED) is 0.0830. The molecular formula is C47H68O17. The van der Waals surface area contributed by atoms with Crippen LogP contribution in [-0.4, -0.2) is 131 Å². The van der Waals surface area contributed by atoms with E-state index in [4.69, 9.17) is 37.9 Å². The second-order valence-electron chi connectivity index (χ2n) is 18.3. The first-order valence-electron chi connectivity index (χ1n) is 21.9. The molecule has 0 aromatic heterocycles. The molecule has 0 amide bonds. The van der Waals surface area contributed by atoms with Crippen LogP contribution in [-0.2, 0) is 61.9 Å². The van der Waals surface area contributed by atoms with Crippen LogP contribution in [0, 0.1) is 10.8 Å². The number of hydrogen-bond acceptors (Lipinski definition) is 17. The van der Waals surface area contributed by atoms with Gasteiger partial charge in [-0.15, -0.1) is 0 Å². The lowest BCUT2D eigenvalue weighted by molar-refractivity contribution is -0.348. The third kappa shape index (κ3) is 13.4. The van der Waals surface area contributed by atoms with Gasteiger partial charge in [0, 0.05) is 56.3 Å². The van der Waals surface area contributed by atoms with Gasteiger partial charge >= 0.3 is 29.8 Å². The molecule has 0 saturated carbocycles. The minimum absolute atomic E-state index is 0.0721. The van der Waals surface area contributed by atoms with Crippen LogP contribution >= 0.6 is 0 Å². The van der Waals surface area contributed by atoms with Crippen molar-refractivity contribution >= 4 is 29.8 Å². The van der Waals surface area contributed by atoms with E-state index in [1.165, 1.54) is 33.1 Å². The molecule has 17 nitrogen and oxygen atoms in total. The Morgan fingerprint density at radius 1 is 0.875 bits per heavy atom. The van der Waals surface area contributed by atoms with Crippen molar-refractivity contribution in [1.29, 1.82) is 0 Å². The molecule has 0 spiro atoms. The van der Waals surface area contributed by atoms with E-state index in [1.54, 1.807) is 45.9 Å². The lowest BCUT2D eigenvalue weighted by Gasteiger charge is -2.53. The fourth-order valence-corrected chi connectivity index (χ4v) is 8.57. The predicted molar refractivity (Wildman–Crippen MR) is 228 cm³/mol. The van der Waals surface area contributed by atoms with Crippen LogP contribution in [0.4, 0.5) is 0 Å². The first-order valence-corrected chi connectivity index (χ1v) is 21.9. The maximum Gasteiger partial charge on any atom is 0.331 e. The molecule has 4 aliphatic rings. The fourth-order valence-electron chi connectivity index (χ4n) is 8.57. The topological polar surface area (TPSA) is 240 Å². The molecule has 6 bridgehead atoms. The van der Waals surface area contributed by atoms with Crippen molar-refractivity contribution in [3.05, 3.63) is 59.8 Å². The average molecular weight is 905 g/mol. The van der Waals surface area contributed by atoms with Gasteiger partial charge in [0.2, 0.25) is 5.79 Å². The molecule has 4 aliphatic heterocycles. The number of allylic oxidation sites excluding steroid dienone is 3. The van der Waals surface area contributed by atoms with Gasteiger partial charge in [0.15, 0.2) is 11.9 Å². The van der Waals surface area contributed by atoms with Crippen molar-refractivity contribution in [2.75, 3.05) is 14.2 Å². The minimum atomic E-state index is -2.47. The summed E-state index contributed by atoms with van der Waals surface area (Å²) in [5.41, 5.74) is -2.06. The van der Waals surface area contributed by atoms with Crippen LogP contribution in [0.2, 0.25) is 0 Å². The van der Waals surface area contributed by atoms with Gasteiger partial charge in [0.05, 0.1) is 62.7 Å². The van der Waals surface area contributed by atoms with Crippen molar-refractivity contribution in [2.45, 2.75) is 179 Å². The Morgan fingerprint density at radius 3 is 2.20 bits per heavy atom. The molecule has 3 fully saturated rings. The van der Waals surface area contributed by atoms with E-state index in [0.717, 1.165) is 32.1 Å². The summed E-state index contributed by atoms with van der Waals surface area (Å²) in [4.78, 5) is 64.7. The summed E-state index contributed by atoms with van der Waals surface area (Å²) >= 11 is 0.